The maximum atomic E-state index is 12.1. The molecule has 1 aliphatic rings. The molecule has 1 atom stereocenters. The van der Waals surface area contributed by atoms with Gasteiger partial charge in [-0.2, -0.15) is 0 Å². The van der Waals surface area contributed by atoms with E-state index in [0.717, 1.165) is 11.1 Å². The number of benzene rings is 1. The maximum absolute atomic E-state index is 12.1. The summed E-state index contributed by atoms with van der Waals surface area (Å²) in [5, 5.41) is 5.47. The zero-order valence-corrected chi connectivity index (χ0v) is 12.6. The van der Waals surface area contributed by atoms with Gasteiger partial charge in [0.15, 0.2) is 6.23 Å². The highest BCUT2D eigenvalue weighted by Crippen LogP contribution is 2.23. The number of aromatic nitrogens is 2. The van der Waals surface area contributed by atoms with Crippen LogP contribution in [-0.2, 0) is 16.0 Å². The summed E-state index contributed by atoms with van der Waals surface area (Å²) < 4.78 is 5.64. The normalized spacial score (nSPS) is 16.2. The van der Waals surface area contributed by atoms with Crippen LogP contribution in [0, 0.1) is 6.92 Å². The lowest BCUT2D eigenvalue weighted by atomic mass is 10.2. The van der Waals surface area contributed by atoms with Crippen LogP contribution in [0.5, 0.6) is 5.75 Å². The third-order valence-corrected chi connectivity index (χ3v) is 3.28. The van der Waals surface area contributed by atoms with Crippen LogP contribution in [0.3, 0.4) is 0 Å². The van der Waals surface area contributed by atoms with Crippen molar-refractivity contribution in [3.63, 3.8) is 0 Å². The Hall–Kier alpha value is -2.96. The zero-order valence-electron chi connectivity index (χ0n) is 12.6. The van der Waals surface area contributed by atoms with Gasteiger partial charge in [-0.15, -0.1) is 0 Å². The molecule has 1 aromatic carbocycles. The van der Waals surface area contributed by atoms with Crippen LogP contribution in [0.1, 0.15) is 17.5 Å². The number of nitrogens with one attached hydrogen (secondary N) is 2. The van der Waals surface area contributed by atoms with Gasteiger partial charge in [-0.1, -0.05) is 0 Å². The highest BCUT2D eigenvalue weighted by atomic mass is 16.5. The number of hydrogen-bond acceptors (Lipinski definition) is 5. The van der Waals surface area contributed by atoms with Crippen molar-refractivity contribution in [2.75, 3.05) is 5.32 Å². The van der Waals surface area contributed by atoms with Gasteiger partial charge in [0.25, 0.3) is 0 Å². The van der Waals surface area contributed by atoms with Gasteiger partial charge in [-0.25, -0.2) is 9.97 Å². The SMILES string of the molecule is Cc1cc(NC(=O)Cc2cncnc2)cc(OC2CC(=O)N2)c1. The van der Waals surface area contributed by atoms with Gasteiger partial charge < -0.3 is 15.4 Å². The topological polar surface area (TPSA) is 93.2 Å². The van der Waals surface area contributed by atoms with Gasteiger partial charge in [0.05, 0.1) is 12.8 Å². The first-order chi connectivity index (χ1) is 11.1. The number of ether oxygens (including phenoxy) is 1. The quantitative estimate of drug-likeness (QED) is 0.809. The molecule has 1 aliphatic heterocycles. The molecule has 0 bridgehead atoms. The molecule has 2 aromatic rings. The fraction of sp³-hybridized carbons (Fsp3) is 0.250. The second-order valence-corrected chi connectivity index (χ2v) is 5.38. The van der Waals surface area contributed by atoms with E-state index in [2.05, 4.69) is 20.6 Å². The number of β-lactam (4-membered cyclic amide) rings is 1. The largest absolute Gasteiger partial charge is 0.470 e. The number of rotatable bonds is 5. The Labute approximate surface area is 133 Å². The molecule has 2 amide bonds. The molecule has 118 valence electrons. The zero-order chi connectivity index (χ0) is 16.2. The van der Waals surface area contributed by atoms with Crippen LogP contribution in [0.4, 0.5) is 5.69 Å². The Bertz CT molecular complexity index is 725. The fourth-order valence-electron chi connectivity index (χ4n) is 2.26. The molecule has 2 heterocycles. The first kappa shape index (κ1) is 15.0. The van der Waals surface area contributed by atoms with Crippen LogP contribution >= 0.6 is 0 Å². The summed E-state index contributed by atoms with van der Waals surface area (Å²) in [7, 11) is 0. The lowest BCUT2D eigenvalue weighted by Gasteiger charge is -2.27. The van der Waals surface area contributed by atoms with E-state index in [1.165, 1.54) is 6.33 Å². The Morgan fingerprint density at radius 2 is 2.09 bits per heavy atom. The predicted molar refractivity (Wildman–Crippen MR) is 82.7 cm³/mol. The van der Waals surface area contributed by atoms with Gasteiger partial charge in [0.2, 0.25) is 11.8 Å². The molecule has 1 aromatic heterocycles. The second-order valence-electron chi connectivity index (χ2n) is 5.38. The summed E-state index contributed by atoms with van der Waals surface area (Å²) in [6.45, 7) is 1.91. The molecular formula is C16H16N4O3. The first-order valence-corrected chi connectivity index (χ1v) is 7.20. The summed E-state index contributed by atoms with van der Waals surface area (Å²) in [5.74, 6) is 0.419. The van der Waals surface area contributed by atoms with Crippen LogP contribution in [0.15, 0.2) is 36.9 Å². The minimum absolute atomic E-state index is 0.0266. The van der Waals surface area contributed by atoms with Crippen LogP contribution in [-0.4, -0.2) is 28.0 Å². The highest BCUT2D eigenvalue weighted by molar-refractivity contribution is 5.92. The van der Waals surface area contributed by atoms with Crippen LogP contribution in [0.2, 0.25) is 0 Å². The molecule has 0 aliphatic carbocycles. The van der Waals surface area contributed by atoms with E-state index in [4.69, 9.17) is 4.74 Å². The van der Waals surface area contributed by atoms with Gasteiger partial charge in [0.1, 0.15) is 12.1 Å². The number of hydrogen-bond donors (Lipinski definition) is 2. The third kappa shape index (κ3) is 4.03. The molecular weight excluding hydrogens is 296 g/mol. The lowest BCUT2D eigenvalue weighted by Crippen LogP contribution is -2.51. The molecule has 1 fully saturated rings. The molecule has 7 nitrogen and oxygen atoms in total. The van der Waals surface area contributed by atoms with Gasteiger partial charge >= 0.3 is 0 Å². The summed E-state index contributed by atoms with van der Waals surface area (Å²) in [5.41, 5.74) is 2.34. The summed E-state index contributed by atoms with van der Waals surface area (Å²) in [4.78, 5) is 30.7. The van der Waals surface area contributed by atoms with Gasteiger partial charge in [-0.3, -0.25) is 9.59 Å². The molecule has 1 unspecified atom stereocenters. The van der Waals surface area contributed by atoms with Crippen LogP contribution < -0.4 is 15.4 Å². The average Bonchev–Trinajstić information content (AvgIpc) is 2.46. The van der Waals surface area contributed by atoms with E-state index in [1.54, 1.807) is 18.5 Å². The number of amides is 2. The van der Waals surface area contributed by atoms with E-state index < -0.39 is 0 Å². The number of carbonyl (C=O) groups is 2. The lowest BCUT2D eigenvalue weighted by molar-refractivity contribution is -0.134. The van der Waals surface area contributed by atoms with Crippen molar-refractivity contribution in [2.45, 2.75) is 26.0 Å². The first-order valence-electron chi connectivity index (χ1n) is 7.20. The Balaban J connectivity index is 1.63. The summed E-state index contributed by atoms with van der Waals surface area (Å²) in [6.07, 6.45) is 4.89. The smallest absolute Gasteiger partial charge is 0.228 e. The van der Waals surface area contributed by atoms with Crippen molar-refractivity contribution in [2.24, 2.45) is 0 Å². The number of anilines is 1. The fourth-order valence-corrected chi connectivity index (χ4v) is 2.26. The van der Waals surface area contributed by atoms with Crippen LogP contribution in [0.25, 0.3) is 0 Å². The molecule has 0 radical (unpaired) electrons. The summed E-state index contributed by atoms with van der Waals surface area (Å²) in [6, 6.07) is 5.44. The van der Waals surface area contributed by atoms with Crippen molar-refractivity contribution in [3.8, 4) is 5.75 Å². The molecule has 1 saturated heterocycles. The second kappa shape index (κ2) is 6.43. The highest BCUT2D eigenvalue weighted by Gasteiger charge is 2.26. The van der Waals surface area contributed by atoms with Gasteiger partial charge in [0, 0.05) is 24.1 Å². The van der Waals surface area contributed by atoms with E-state index in [1.807, 2.05) is 19.1 Å². The van der Waals surface area contributed by atoms with E-state index >= 15 is 0 Å². The standard InChI is InChI=1S/C16H16N4O3/c1-10-2-12(5-13(3-10)23-16-6-15(22)20-16)19-14(21)4-11-7-17-9-18-8-11/h2-3,5,7-9,16H,4,6H2,1H3,(H,19,21)(H,20,22). The minimum Gasteiger partial charge on any atom is -0.470 e. The Kier molecular flexibility index (Phi) is 4.18. The van der Waals surface area contributed by atoms with E-state index in [0.29, 0.717) is 17.9 Å². The molecule has 7 heteroatoms. The Morgan fingerprint density at radius 1 is 1.35 bits per heavy atom. The van der Waals surface area contributed by atoms with E-state index in [9.17, 15) is 9.59 Å². The number of carbonyl (C=O) groups excluding carboxylic acids is 2. The van der Waals surface area contributed by atoms with E-state index in [-0.39, 0.29) is 24.5 Å². The Morgan fingerprint density at radius 3 is 2.78 bits per heavy atom. The number of nitrogens with zero attached hydrogens (tertiary/aromatic N) is 2. The van der Waals surface area contributed by atoms with Crippen molar-refractivity contribution >= 4 is 17.5 Å². The summed E-state index contributed by atoms with van der Waals surface area (Å²) >= 11 is 0. The monoisotopic (exact) mass is 312 g/mol. The van der Waals surface area contributed by atoms with Crippen molar-refractivity contribution in [1.82, 2.24) is 15.3 Å². The minimum atomic E-state index is -0.297. The van der Waals surface area contributed by atoms with Crippen molar-refractivity contribution in [3.05, 3.63) is 48.0 Å². The molecule has 3 rings (SSSR count). The predicted octanol–water partition coefficient (Wildman–Crippen LogP) is 1.19. The van der Waals surface area contributed by atoms with Crippen molar-refractivity contribution in [1.29, 1.82) is 0 Å². The third-order valence-electron chi connectivity index (χ3n) is 3.28. The van der Waals surface area contributed by atoms with Crippen molar-refractivity contribution < 1.29 is 14.3 Å². The molecule has 0 spiro atoms. The molecule has 0 saturated carbocycles. The maximum Gasteiger partial charge on any atom is 0.228 e. The average molecular weight is 312 g/mol. The number of aryl methyl sites for hydroxylation is 1. The molecule has 23 heavy (non-hydrogen) atoms. The molecule has 2 N–H and O–H groups in total. The van der Waals surface area contributed by atoms with Gasteiger partial charge in [-0.05, 0) is 30.2 Å².